The van der Waals surface area contributed by atoms with Crippen molar-refractivity contribution in [2.45, 2.75) is 26.8 Å². The van der Waals surface area contributed by atoms with Gasteiger partial charge in [-0.05, 0) is 6.92 Å². The van der Waals surface area contributed by atoms with Crippen molar-refractivity contribution in [1.82, 2.24) is 24.0 Å². The summed E-state index contributed by atoms with van der Waals surface area (Å²) in [7, 11) is 4.98. The molecule has 0 aliphatic rings. The van der Waals surface area contributed by atoms with Crippen molar-refractivity contribution in [2.24, 2.45) is 7.05 Å². The molecule has 0 spiro atoms. The molecule has 0 fully saturated rings. The van der Waals surface area contributed by atoms with Crippen molar-refractivity contribution >= 4 is 17.1 Å². The summed E-state index contributed by atoms with van der Waals surface area (Å²) in [5, 5.41) is 0. The number of carbonyl (C=O) groups is 1. The van der Waals surface area contributed by atoms with Crippen molar-refractivity contribution in [3.8, 4) is 11.4 Å². The minimum atomic E-state index is -0.644. The van der Waals surface area contributed by atoms with Crippen LogP contribution < -0.4 is 5.69 Å². The number of hydrogen-bond acceptors (Lipinski definition) is 4. The molecular formula is C19H25N5O2. The number of imidazole rings is 1. The molecular weight excluding hydrogens is 330 g/mol. The van der Waals surface area contributed by atoms with Crippen LogP contribution in [0.3, 0.4) is 0 Å². The minimum Gasteiger partial charge on any atom is -0.347 e. The summed E-state index contributed by atoms with van der Waals surface area (Å²) in [6.07, 6.45) is 1.62. The monoisotopic (exact) mass is 355 g/mol. The first-order chi connectivity index (χ1) is 12.4. The lowest BCUT2D eigenvalue weighted by molar-refractivity contribution is -0.131. The van der Waals surface area contributed by atoms with Crippen LogP contribution in [0.1, 0.15) is 26.8 Å². The van der Waals surface area contributed by atoms with Crippen LogP contribution in [0.15, 0.2) is 41.3 Å². The predicted octanol–water partition coefficient (Wildman–Crippen LogP) is 2.47. The second-order valence-electron chi connectivity index (χ2n) is 5.89. The number of hydrogen-bond donors (Lipinski definition) is 0. The van der Waals surface area contributed by atoms with E-state index >= 15 is 0 Å². The van der Waals surface area contributed by atoms with Gasteiger partial charge in [0.15, 0.2) is 11.5 Å². The molecule has 3 aromatic rings. The Morgan fingerprint density at radius 1 is 1.15 bits per heavy atom. The van der Waals surface area contributed by atoms with E-state index in [4.69, 9.17) is 0 Å². The Kier molecular flexibility index (Phi) is 5.92. The summed E-state index contributed by atoms with van der Waals surface area (Å²) in [6, 6.07) is 8.88. The van der Waals surface area contributed by atoms with Gasteiger partial charge in [-0.3, -0.25) is 13.9 Å². The van der Waals surface area contributed by atoms with Gasteiger partial charge in [-0.25, -0.2) is 14.8 Å². The molecule has 0 saturated carbocycles. The number of benzene rings is 1. The van der Waals surface area contributed by atoms with Crippen LogP contribution in [0.4, 0.5) is 0 Å². The standard InChI is InChI=1S/C17H19N5O2.C2H6/c1-11(16(23)20(2)3)22-15-13(21(4)17(22)24)10-18-14(19-15)12-8-6-5-7-9-12;1-2/h5-11H,1-4H3;1-2H3. The van der Waals surface area contributed by atoms with Gasteiger partial charge in [0.25, 0.3) is 0 Å². The SMILES string of the molecule is CC.CC(C(=O)N(C)C)n1c(=O)n(C)c2cnc(-c3ccccc3)nc21. The van der Waals surface area contributed by atoms with E-state index in [2.05, 4.69) is 9.97 Å². The lowest BCUT2D eigenvalue weighted by Gasteiger charge is -2.17. The summed E-state index contributed by atoms with van der Waals surface area (Å²) in [6.45, 7) is 5.70. The first-order valence-electron chi connectivity index (χ1n) is 8.62. The molecule has 0 bridgehead atoms. The van der Waals surface area contributed by atoms with Gasteiger partial charge in [0, 0.05) is 26.7 Å². The zero-order valence-corrected chi connectivity index (χ0v) is 16.1. The summed E-state index contributed by atoms with van der Waals surface area (Å²) >= 11 is 0. The van der Waals surface area contributed by atoms with Gasteiger partial charge in [0.1, 0.15) is 11.6 Å². The van der Waals surface area contributed by atoms with Crippen LogP contribution in [0.2, 0.25) is 0 Å². The summed E-state index contributed by atoms with van der Waals surface area (Å²) in [4.78, 5) is 35.3. The molecule has 3 rings (SSSR count). The lowest BCUT2D eigenvalue weighted by atomic mass is 10.2. The number of likely N-dealkylation sites (N-methyl/N-ethyl adjacent to an activating group) is 1. The maximum Gasteiger partial charge on any atom is 0.330 e. The molecule has 7 heteroatoms. The van der Waals surface area contributed by atoms with E-state index in [1.54, 1.807) is 34.3 Å². The Morgan fingerprint density at radius 2 is 1.77 bits per heavy atom. The fourth-order valence-electron chi connectivity index (χ4n) is 2.70. The fraction of sp³-hybridized carbons (Fsp3) is 0.368. The Hall–Kier alpha value is -2.96. The van der Waals surface area contributed by atoms with Crippen LogP contribution in [0.5, 0.6) is 0 Å². The Bertz CT molecular complexity index is 957. The second kappa shape index (κ2) is 7.95. The molecule has 7 nitrogen and oxygen atoms in total. The average molecular weight is 355 g/mol. The third kappa shape index (κ3) is 3.37. The fourth-order valence-corrected chi connectivity index (χ4v) is 2.70. The summed E-state index contributed by atoms with van der Waals surface area (Å²) in [5.41, 5.74) is 1.62. The third-order valence-corrected chi connectivity index (χ3v) is 4.05. The number of aryl methyl sites for hydroxylation is 1. The molecule has 0 N–H and O–H groups in total. The Morgan fingerprint density at radius 3 is 2.35 bits per heavy atom. The summed E-state index contributed by atoms with van der Waals surface area (Å²) in [5.74, 6) is 0.358. The Labute approximate surface area is 152 Å². The van der Waals surface area contributed by atoms with E-state index in [1.807, 2.05) is 44.2 Å². The van der Waals surface area contributed by atoms with Gasteiger partial charge in [0.2, 0.25) is 5.91 Å². The molecule has 1 unspecified atom stereocenters. The molecule has 0 aliphatic carbocycles. The maximum atomic E-state index is 12.6. The first-order valence-corrected chi connectivity index (χ1v) is 8.62. The van der Waals surface area contributed by atoms with Crippen LogP contribution >= 0.6 is 0 Å². The molecule has 26 heavy (non-hydrogen) atoms. The zero-order valence-electron chi connectivity index (χ0n) is 16.1. The number of rotatable bonds is 3. The highest BCUT2D eigenvalue weighted by Crippen LogP contribution is 2.20. The van der Waals surface area contributed by atoms with Crippen molar-refractivity contribution in [2.75, 3.05) is 14.1 Å². The number of carbonyl (C=O) groups excluding carboxylic acids is 1. The first kappa shape index (κ1) is 19.4. The molecule has 1 amide bonds. The van der Waals surface area contributed by atoms with Crippen molar-refractivity contribution in [1.29, 1.82) is 0 Å². The molecule has 0 radical (unpaired) electrons. The predicted molar refractivity (Wildman–Crippen MR) is 103 cm³/mol. The zero-order chi connectivity index (χ0) is 19.4. The van der Waals surface area contributed by atoms with Crippen LogP contribution in [-0.4, -0.2) is 44.0 Å². The molecule has 138 valence electrons. The van der Waals surface area contributed by atoms with Crippen molar-refractivity contribution < 1.29 is 4.79 Å². The second-order valence-corrected chi connectivity index (χ2v) is 5.89. The van der Waals surface area contributed by atoms with E-state index < -0.39 is 6.04 Å². The average Bonchev–Trinajstić information content (AvgIpc) is 2.93. The van der Waals surface area contributed by atoms with Gasteiger partial charge in [-0.15, -0.1) is 0 Å². The molecule has 0 saturated heterocycles. The maximum absolute atomic E-state index is 12.6. The van der Waals surface area contributed by atoms with Gasteiger partial charge < -0.3 is 4.90 Å². The molecule has 1 aromatic carbocycles. The normalized spacial score (nSPS) is 11.6. The number of amides is 1. The number of aromatic nitrogens is 4. The highest BCUT2D eigenvalue weighted by atomic mass is 16.2. The molecule has 2 aromatic heterocycles. The van der Waals surface area contributed by atoms with Gasteiger partial charge in [0.05, 0.1) is 6.20 Å². The van der Waals surface area contributed by atoms with Crippen LogP contribution in [-0.2, 0) is 11.8 Å². The van der Waals surface area contributed by atoms with E-state index in [-0.39, 0.29) is 11.6 Å². The van der Waals surface area contributed by atoms with Gasteiger partial charge >= 0.3 is 5.69 Å². The van der Waals surface area contributed by atoms with Crippen molar-refractivity contribution in [3.63, 3.8) is 0 Å². The molecule has 1 atom stereocenters. The number of fused-ring (bicyclic) bond motifs is 1. The van der Waals surface area contributed by atoms with Crippen LogP contribution in [0.25, 0.3) is 22.6 Å². The van der Waals surface area contributed by atoms with Crippen molar-refractivity contribution in [3.05, 3.63) is 47.0 Å². The quantitative estimate of drug-likeness (QED) is 0.723. The highest BCUT2D eigenvalue weighted by molar-refractivity contribution is 5.82. The lowest BCUT2D eigenvalue weighted by Crippen LogP contribution is -2.35. The van der Waals surface area contributed by atoms with E-state index in [0.29, 0.717) is 17.0 Å². The largest absolute Gasteiger partial charge is 0.347 e. The topological polar surface area (TPSA) is 73.0 Å². The number of nitrogens with zero attached hydrogens (tertiary/aromatic N) is 5. The van der Waals surface area contributed by atoms with E-state index in [9.17, 15) is 9.59 Å². The van der Waals surface area contributed by atoms with E-state index in [0.717, 1.165) is 5.56 Å². The van der Waals surface area contributed by atoms with Crippen LogP contribution in [0, 0.1) is 0 Å². The molecule has 2 heterocycles. The minimum absolute atomic E-state index is 0.163. The van der Waals surface area contributed by atoms with E-state index in [1.165, 1.54) is 14.0 Å². The highest BCUT2D eigenvalue weighted by Gasteiger charge is 2.24. The summed E-state index contributed by atoms with van der Waals surface area (Å²) < 4.78 is 2.88. The van der Waals surface area contributed by atoms with Gasteiger partial charge in [-0.2, -0.15) is 0 Å². The third-order valence-electron chi connectivity index (χ3n) is 4.05. The van der Waals surface area contributed by atoms with Gasteiger partial charge in [-0.1, -0.05) is 44.2 Å². The Balaban J connectivity index is 0.00000117. The smallest absolute Gasteiger partial charge is 0.330 e. The molecule has 0 aliphatic heterocycles.